The van der Waals surface area contributed by atoms with Gasteiger partial charge in [0.2, 0.25) is 0 Å². The van der Waals surface area contributed by atoms with Crippen molar-refractivity contribution in [3.05, 3.63) is 92.4 Å². The van der Waals surface area contributed by atoms with Crippen molar-refractivity contribution in [3.8, 4) is 5.75 Å². The highest BCUT2D eigenvalue weighted by Gasteiger charge is 2.25. The van der Waals surface area contributed by atoms with E-state index in [1.807, 2.05) is 6.07 Å². The Bertz CT molecular complexity index is 1360. The highest BCUT2D eigenvalue weighted by molar-refractivity contribution is 6.31. The minimum absolute atomic E-state index is 0.0903. The molecular formula is C25H21ClF2N2O5. The van der Waals surface area contributed by atoms with Gasteiger partial charge in [0, 0.05) is 37.0 Å². The standard InChI is InChI=1S/C25H21ClF2N2O5/c1-15(31)34-14-23(32)30-9-6-17-10-16(2-5-21(17)30)12-29-8-7-22(24(26)25(29)33)35-13-18-3-4-19(27)11-20(18)28/h2-5,7-8,10-11H,6,9,12-14H2,1H3. The summed E-state index contributed by atoms with van der Waals surface area (Å²) in [6.07, 6.45) is 2.16. The van der Waals surface area contributed by atoms with Crippen LogP contribution in [-0.2, 0) is 33.9 Å². The average Bonchev–Trinajstić information content (AvgIpc) is 3.24. The fourth-order valence-corrected chi connectivity index (χ4v) is 4.04. The van der Waals surface area contributed by atoms with Gasteiger partial charge in [-0.15, -0.1) is 0 Å². The van der Waals surface area contributed by atoms with Crippen LogP contribution in [0.15, 0.2) is 53.5 Å². The van der Waals surface area contributed by atoms with E-state index in [2.05, 4.69) is 0 Å². The molecule has 0 spiro atoms. The van der Waals surface area contributed by atoms with Crippen molar-refractivity contribution >= 4 is 29.2 Å². The van der Waals surface area contributed by atoms with Crippen LogP contribution < -0.4 is 15.2 Å². The molecule has 0 saturated carbocycles. The summed E-state index contributed by atoms with van der Waals surface area (Å²) in [6.45, 7) is 1.43. The molecule has 1 amide bonds. The minimum atomic E-state index is -0.752. The highest BCUT2D eigenvalue weighted by Crippen LogP contribution is 2.29. The third kappa shape index (κ3) is 5.51. The third-order valence-electron chi connectivity index (χ3n) is 5.56. The van der Waals surface area contributed by atoms with Crippen molar-refractivity contribution < 1.29 is 27.8 Å². The Hall–Kier alpha value is -3.72. The zero-order valence-corrected chi connectivity index (χ0v) is 19.5. The van der Waals surface area contributed by atoms with Gasteiger partial charge in [0.05, 0.1) is 6.54 Å². The number of carbonyl (C=O) groups is 2. The van der Waals surface area contributed by atoms with Gasteiger partial charge in [0.1, 0.15) is 29.0 Å². The second-order valence-corrected chi connectivity index (χ2v) is 8.37. The minimum Gasteiger partial charge on any atom is -0.487 e. The summed E-state index contributed by atoms with van der Waals surface area (Å²) in [5, 5.41) is -0.154. The Morgan fingerprint density at radius 3 is 2.66 bits per heavy atom. The number of esters is 1. The number of hydrogen-bond acceptors (Lipinski definition) is 5. The summed E-state index contributed by atoms with van der Waals surface area (Å²) in [4.78, 5) is 37.6. The molecule has 1 aliphatic heterocycles. The molecule has 7 nitrogen and oxygen atoms in total. The van der Waals surface area contributed by atoms with Crippen molar-refractivity contribution in [2.75, 3.05) is 18.1 Å². The number of amides is 1. The summed E-state index contributed by atoms with van der Waals surface area (Å²) >= 11 is 6.20. The second-order valence-electron chi connectivity index (χ2n) is 7.99. The van der Waals surface area contributed by atoms with Gasteiger partial charge >= 0.3 is 5.97 Å². The highest BCUT2D eigenvalue weighted by atomic mass is 35.5. The lowest BCUT2D eigenvalue weighted by Crippen LogP contribution is -2.32. The number of aromatic nitrogens is 1. The van der Waals surface area contributed by atoms with Gasteiger partial charge in [-0.1, -0.05) is 23.7 Å². The summed E-state index contributed by atoms with van der Waals surface area (Å²) < 4.78 is 38.6. The number of ether oxygens (including phenoxy) is 2. The maximum Gasteiger partial charge on any atom is 0.303 e. The van der Waals surface area contributed by atoms with E-state index in [4.69, 9.17) is 21.1 Å². The number of nitrogens with zero attached hydrogens (tertiary/aromatic N) is 2. The molecule has 1 aliphatic rings. The first-order valence-electron chi connectivity index (χ1n) is 10.7. The van der Waals surface area contributed by atoms with Crippen molar-refractivity contribution in [2.45, 2.75) is 26.5 Å². The fraction of sp³-hybridized carbons (Fsp3) is 0.240. The van der Waals surface area contributed by atoms with Crippen LogP contribution in [-0.4, -0.2) is 29.6 Å². The molecule has 0 N–H and O–H groups in total. The second kappa shape index (κ2) is 10.3. The normalized spacial score (nSPS) is 12.4. The molecule has 2 aromatic carbocycles. The number of carbonyl (C=O) groups excluding carboxylic acids is 2. The summed E-state index contributed by atoms with van der Waals surface area (Å²) in [6, 6.07) is 10.2. The largest absolute Gasteiger partial charge is 0.487 e. The van der Waals surface area contributed by atoms with E-state index in [1.54, 1.807) is 17.0 Å². The first kappa shape index (κ1) is 24.4. The van der Waals surface area contributed by atoms with E-state index in [0.29, 0.717) is 13.0 Å². The van der Waals surface area contributed by atoms with Crippen molar-refractivity contribution in [1.82, 2.24) is 4.57 Å². The van der Waals surface area contributed by atoms with Gasteiger partial charge in [-0.05, 0) is 41.8 Å². The Morgan fingerprint density at radius 1 is 1.11 bits per heavy atom. The third-order valence-corrected chi connectivity index (χ3v) is 5.91. The molecule has 3 aromatic rings. The monoisotopic (exact) mass is 502 g/mol. The van der Waals surface area contributed by atoms with E-state index in [9.17, 15) is 23.2 Å². The van der Waals surface area contributed by atoms with Gasteiger partial charge < -0.3 is 18.9 Å². The van der Waals surface area contributed by atoms with Crippen LogP contribution in [0.4, 0.5) is 14.5 Å². The number of halogens is 3. The summed E-state index contributed by atoms with van der Waals surface area (Å²) in [7, 11) is 0. The summed E-state index contributed by atoms with van der Waals surface area (Å²) in [5.41, 5.74) is 2.16. The fourth-order valence-electron chi connectivity index (χ4n) is 3.81. The molecule has 10 heteroatoms. The van der Waals surface area contributed by atoms with Crippen molar-refractivity contribution in [3.63, 3.8) is 0 Å². The van der Waals surface area contributed by atoms with Crippen molar-refractivity contribution in [2.24, 2.45) is 0 Å². The lowest BCUT2D eigenvalue weighted by atomic mass is 10.1. The molecule has 4 rings (SSSR count). The molecule has 0 unspecified atom stereocenters. The Labute approximate surface area is 204 Å². The van der Waals surface area contributed by atoms with E-state index < -0.39 is 23.2 Å². The molecule has 0 aliphatic carbocycles. The zero-order chi connectivity index (χ0) is 25.1. The quantitative estimate of drug-likeness (QED) is 0.458. The number of fused-ring (bicyclic) bond motifs is 1. The van der Waals surface area contributed by atoms with Crippen LogP contribution >= 0.6 is 11.6 Å². The van der Waals surface area contributed by atoms with E-state index in [1.165, 1.54) is 29.8 Å². The van der Waals surface area contributed by atoms with Crippen LogP contribution in [0.25, 0.3) is 0 Å². The molecule has 35 heavy (non-hydrogen) atoms. The topological polar surface area (TPSA) is 77.8 Å². The van der Waals surface area contributed by atoms with Gasteiger partial charge in [0.15, 0.2) is 6.61 Å². The number of anilines is 1. The van der Waals surface area contributed by atoms with E-state index in [0.717, 1.165) is 28.9 Å². The Kier molecular flexibility index (Phi) is 7.16. The zero-order valence-electron chi connectivity index (χ0n) is 18.7. The maximum absolute atomic E-state index is 13.8. The predicted molar refractivity (Wildman–Crippen MR) is 125 cm³/mol. The van der Waals surface area contributed by atoms with Crippen LogP contribution in [0.1, 0.15) is 23.6 Å². The predicted octanol–water partition coefficient (Wildman–Crippen LogP) is 3.86. The van der Waals surface area contributed by atoms with Gasteiger partial charge in [-0.25, -0.2) is 8.78 Å². The lowest BCUT2D eigenvalue weighted by molar-refractivity contribution is -0.145. The van der Waals surface area contributed by atoms with Crippen LogP contribution in [0.3, 0.4) is 0 Å². The smallest absolute Gasteiger partial charge is 0.303 e. The van der Waals surface area contributed by atoms with Crippen LogP contribution in [0.5, 0.6) is 5.75 Å². The van der Waals surface area contributed by atoms with E-state index in [-0.39, 0.29) is 42.0 Å². The molecule has 0 radical (unpaired) electrons. The molecular weight excluding hydrogens is 482 g/mol. The summed E-state index contributed by atoms with van der Waals surface area (Å²) in [5.74, 6) is -2.17. The van der Waals surface area contributed by atoms with Crippen molar-refractivity contribution in [1.29, 1.82) is 0 Å². The van der Waals surface area contributed by atoms with Crippen LogP contribution in [0.2, 0.25) is 5.02 Å². The molecule has 0 fully saturated rings. The number of rotatable bonds is 7. The Morgan fingerprint density at radius 2 is 1.91 bits per heavy atom. The number of benzene rings is 2. The molecule has 182 valence electrons. The Balaban J connectivity index is 1.45. The SMILES string of the molecule is CC(=O)OCC(=O)N1CCc2cc(Cn3ccc(OCc4ccc(F)cc4F)c(Cl)c3=O)ccc21. The van der Waals surface area contributed by atoms with Crippen LogP contribution in [0, 0.1) is 11.6 Å². The number of hydrogen-bond donors (Lipinski definition) is 0. The lowest BCUT2D eigenvalue weighted by Gasteiger charge is -2.17. The maximum atomic E-state index is 13.8. The number of pyridine rings is 1. The molecule has 0 bridgehead atoms. The van der Waals surface area contributed by atoms with Gasteiger partial charge in [-0.3, -0.25) is 14.4 Å². The average molecular weight is 503 g/mol. The molecule has 0 saturated heterocycles. The molecule has 0 atom stereocenters. The molecule has 2 heterocycles. The molecule has 1 aromatic heterocycles. The van der Waals surface area contributed by atoms with Gasteiger partial charge in [-0.2, -0.15) is 0 Å². The van der Waals surface area contributed by atoms with E-state index >= 15 is 0 Å². The first-order valence-corrected chi connectivity index (χ1v) is 11.1. The first-order chi connectivity index (χ1) is 16.7. The van der Waals surface area contributed by atoms with Gasteiger partial charge in [0.25, 0.3) is 11.5 Å².